The normalized spacial score (nSPS) is 14.6. The van der Waals surface area contributed by atoms with Crippen LogP contribution in [0.4, 0.5) is 11.4 Å². The second kappa shape index (κ2) is 11.0. The SMILES string of the molecule is COc1ccc(N2CCCN(CC(=O)N(CCC#N)c3ccc(Cl)c(C)c3)CC2)cc1. The molecule has 2 aromatic carbocycles. The Morgan fingerprint density at radius 2 is 1.94 bits per heavy atom. The number of nitriles is 1. The molecule has 31 heavy (non-hydrogen) atoms. The smallest absolute Gasteiger partial charge is 0.241 e. The molecule has 0 unspecified atom stereocenters. The maximum Gasteiger partial charge on any atom is 0.241 e. The van der Waals surface area contributed by atoms with Crippen LogP contribution in [0.15, 0.2) is 42.5 Å². The highest BCUT2D eigenvalue weighted by molar-refractivity contribution is 6.31. The zero-order chi connectivity index (χ0) is 22.2. The summed E-state index contributed by atoms with van der Waals surface area (Å²) in [5, 5.41) is 9.71. The number of hydrogen-bond acceptors (Lipinski definition) is 5. The van der Waals surface area contributed by atoms with Gasteiger partial charge in [0.15, 0.2) is 0 Å². The van der Waals surface area contributed by atoms with E-state index in [-0.39, 0.29) is 5.91 Å². The molecular weight excluding hydrogens is 412 g/mol. The van der Waals surface area contributed by atoms with Crippen molar-refractivity contribution in [3.63, 3.8) is 0 Å². The molecule has 2 aromatic rings. The van der Waals surface area contributed by atoms with E-state index in [1.165, 1.54) is 5.69 Å². The minimum atomic E-state index is 0.00914. The van der Waals surface area contributed by atoms with Gasteiger partial charge in [0.1, 0.15) is 5.75 Å². The summed E-state index contributed by atoms with van der Waals surface area (Å²) in [6, 6.07) is 15.8. The van der Waals surface area contributed by atoms with Crippen LogP contribution in [0.2, 0.25) is 5.02 Å². The van der Waals surface area contributed by atoms with Crippen molar-refractivity contribution in [2.45, 2.75) is 19.8 Å². The second-order valence-electron chi connectivity index (χ2n) is 7.70. The molecule has 1 amide bonds. The van der Waals surface area contributed by atoms with Gasteiger partial charge in [-0.3, -0.25) is 9.69 Å². The molecule has 6 nitrogen and oxygen atoms in total. The minimum absolute atomic E-state index is 0.00914. The molecule has 164 valence electrons. The molecule has 0 bridgehead atoms. The summed E-state index contributed by atoms with van der Waals surface area (Å²) in [6.07, 6.45) is 1.27. The Bertz CT molecular complexity index is 926. The van der Waals surface area contributed by atoms with Crippen LogP contribution in [0.25, 0.3) is 0 Å². The molecule has 1 fully saturated rings. The Morgan fingerprint density at radius 3 is 2.61 bits per heavy atom. The first-order chi connectivity index (χ1) is 15.0. The average molecular weight is 441 g/mol. The molecule has 1 saturated heterocycles. The number of methoxy groups -OCH3 is 1. The molecule has 1 aliphatic rings. The first-order valence-corrected chi connectivity index (χ1v) is 10.9. The van der Waals surface area contributed by atoms with Gasteiger partial charge in [0.2, 0.25) is 5.91 Å². The van der Waals surface area contributed by atoms with Crippen LogP contribution < -0.4 is 14.5 Å². The number of carbonyl (C=O) groups is 1. The van der Waals surface area contributed by atoms with E-state index in [1.54, 1.807) is 18.1 Å². The summed E-state index contributed by atoms with van der Waals surface area (Å²) >= 11 is 6.15. The molecule has 0 spiro atoms. The van der Waals surface area contributed by atoms with Gasteiger partial charge in [0.05, 0.1) is 26.1 Å². The molecule has 3 rings (SSSR count). The van der Waals surface area contributed by atoms with Crippen LogP contribution in [0.1, 0.15) is 18.4 Å². The molecule has 1 heterocycles. The maximum absolute atomic E-state index is 13.2. The van der Waals surface area contributed by atoms with Gasteiger partial charge < -0.3 is 14.5 Å². The summed E-state index contributed by atoms with van der Waals surface area (Å²) in [7, 11) is 1.67. The number of hydrogen-bond donors (Lipinski definition) is 0. The Morgan fingerprint density at radius 1 is 1.16 bits per heavy atom. The van der Waals surface area contributed by atoms with Crippen LogP contribution in [-0.2, 0) is 4.79 Å². The number of nitrogens with zero attached hydrogens (tertiary/aromatic N) is 4. The van der Waals surface area contributed by atoms with Gasteiger partial charge in [-0.2, -0.15) is 5.26 Å². The van der Waals surface area contributed by atoms with Gasteiger partial charge in [-0.15, -0.1) is 0 Å². The Kier molecular flexibility index (Phi) is 8.16. The van der Waals surface area contributed by atoms with Crippen LogP contribution in [0.5, 0.6) is 5.75 Å². The lowest BCUT2D eigenvalue weighted by Crippen LogP contribution is -2.42. The highest BCUT2D eigenvalue weighted by atomic mass is 35.5. The van der Waals surface area contributed by atoms with Gasteiger partial charge in [0.25, 0.3) is 0 Å². The van der Waals surface area contributed by atoms with Gasteiger partial charge >= 0.3 is 0 Å². The van der Waals surface area contributed by atoms with E-state index in [1.807, 2.05) is 31.2 Å². The number of anilines is 2. The van der Waals surface area contributed by atoms with Crippen molar-refractivity contribution in [1.29, 1.82) is 5.26 Å². The van der Waals surface area contributed by atoms with Crippen LogP contribution in [0.3, 0.4) is 0 Å². The van der Waals surface area contributed by atoms with Crippen molar-refractivity contribution in [1.82, 2.24) is 4.90 Å². The van der Waals surface area contributed by atoms with Crippen molar-refractivity contribution in [2.24, 2.45) is 0 Å². The summed E-state index contributed by atoms with van der Waals surface area (Å²) in [5.41, 5.74) is 2.87. The van der Waals surface area contributed by atoms with Gasteiger partial charge in [-0.1, -0.05) is 11.6 Å². The monoisotopic (exact) mass is 440 g/mol. The van der Waals surface area contributed by atoms with Crippen LogP contribution in [0, 0.1) is 18.3 Å². The second-order valence-corrected chi connectivity index (χ2v) is 8.11. The summed E-state index contributed by atoms with van der Waals surface area (Å²) in [4.78, 5) is 19.4. The molecular formula is C24H29ClN4O2. The average Bonchev–Trinajstić information content (AvgIpc) is 3.02. The number of aryl methyl sites for hydroxylation is 1. The highest BCUT2D eigenvalue weighted by Gasteiger charge is 2.22. The maximum atomic E-state index is 13.2. The summed E-state index contributed by atoms with van der Waals surface area (Å²) < 4.78 is 5.25. The van der Waals surface area contributed by atoms with Crippen LogP contribution >= 0.6 is 11.6 Å². The van der Waals surface area contributed by atoms with Crippen molar-refractivity contribution in [3.05, 3.63) is 53.1 Å². The number of halogens is 1. The zero-order valence-electron chi connectivity index (χ0n) is 18.2. The molecule has 7 heteroatoms. The fraction of sp³-hybridized carbons (Fsp3) is 0.417. The fourth-order valence-corrected chi connectivity index (χ4v) is 3.93. The topological polar surface area (TPSA) is 59.8 Å². The summed E-state index contributed by atoms with van der Waals surface area (Å²) in [6.45, 7) is 6.12. The molecule has 0 N–H and O–H groups in total. The number of benzene rings is 2. The summed E-state index contributed by atoms with van der Waals surface area (Å²) in [5.74, 6) is 0.857. The van der Waals surface area contributed by atoms with E-state index < -0.39 is 0 Å². The Labute approximate surface area is 189 Å². The lowest BCUT2D eigenvalue weighted by Gasteiger charge is -2.27. The number of ether oxygens (including phenoxy) is 1. The van der Waals surface area contributed by atoms with Crippen molar-refractivity contribution >= 4 is 28.9 Å². The number of amides is 1. The standard InChI is InChI=1S/C24H29ClN4O2/c1-19-17-21(7-10-23(19)25)29(14-3-11-26)24(30)18-27-12-4-13-28(16-15-27)20-5-8-22(31-2)9-6-20/h5-10,17H,3-4,12-16,18H2,1-2H3. The van der Waals surface area contributed by atoms with E-state index in [2.05, 4.69) is 28.0 Å². The third-order valence-electron chi connectivity index (χ3n) is 5.59. The lowest BCUT2D eigenvalue weighted by atomic mass is 10.2. The van der Waals surface area contributed by atoms with Crippen LogP contribution in [-0.4, -0.2) is 57.2 Å². The molecule has 0 aliphatic carbocycles. The van der Waals surface area contributed by atoms with Crippen molar-refractivity contribution in [2.75, 3.05) is 56.2 Å². The van der Waals surface area contributed by atoms with Crippen molar-refractivity contribution in [3.8, 4) is 11.8 Å². The Hall–Kier alpha value is -2.75. The first kappa shape index (κ1) is 22.9. The van der Waals surface area contributed by atoms with E-state index in [0.717, 1.165) is 49.6 Å². The predicted molar refractivity (Wildman–Crippen MR) is 125 cm³/mol. The zero-order valence-corrected chi connectivity index (χ0v) is 18.9. The minimum Gasteiger partial charge on any atom is -0.497 e. The van der Waals surface area contributed by atoms with Crippen molar-refractivity contribution < 1.29 is 9.53 Å². The first-order valence-electron chi connectivity index (χ1n) is 10.6. The van der Waals surface area contributed by atoms with Gasteiger partial charge in [-0.25, -0.2) is 0 Å². The quantitative estimate of drug-likeness (QED) is 0.648. The van der Waals surface area contributed by atoms with E-state index in [0.29, 0.717) is 24.5 Å². The van der Waals surface area contributed by atoms with Gasteiger partial charge in [-0.05, 0) is 61.4 Å². The number of rotatable bonds is 7. The predicted octanol–water partition coefficient (Wildman–Crippen LogP) is 4.12. The van der Waals surface area contributed by atoms with E-state index >= 15 is 0 Å². The number of carbonyl (C=O) groups excluding carboxylic acids is 1. The Balaban J connectivity index is 1.64. The largest absolute Gasteiger partial charge is 0.497 e. The molecule has 0 radical (unpaired) electrons. The molecule has 0 aromatic heterocycles. The molecule has 1 aliphatic heterocycles. The van der Waals surface area contributed by atoms with E-state index in [9.17, 15) is 4.79 Å². The third-order valence-corrected chi connectivity index (χ3v) is 6.01. The molecule has 0 atom stereocenters. The highest BCUT2D eigenvalue weighted by Crippen LogP contribution is 2.24. The fourth-order valence-electron chi connectivity index (χ4n) is 3.81. The van der Waals surface area contributed by atoms with E-state index in [4.69, 9.17) is 21.6 Å². The lowest BCUT2D eigenvalue weighted by molar-refractivity contribution is -0.119. The van der Waals surface area contributed by atoms with Gasteiger partial charge in [0, 0.05) is 49.1 Å². The third kappa shape index (κ3) is 6.13. The molecule has 0 saturated carbocycles.